The van der Waals surface area contributed by atoms with Crippen LogP contribution < -0.4 is 11.1 Å². The Balaban J connectivity index is 2.33. The van der Waals surface area contributed by atoms with Crippen LogP contribution in [0.3, 0.4) is 0 Å². The Bertz CT molecular complexity index is 449. The number of halogens is 1. The van der Waals surface area contributed by atoms with Crippen LogP contribution in [0.4, 0.5) is 11.4 Å². The second kappa shape index (κ2) is 8.12. The monoisotopic (exact) mass is 298 g/mol. The molecule has 0 heterocycles. The smallest absolute Gasteiger partial charge is 0.226 e. The van der Waals surface area contributed by atoms with E-state index in [0.717, 1.165) is 6.42 Å². The predicted molar refractivity (Wildman–Crippen MR) is 84.0 cm³/mol. The van der Waals surface area contributed by atoms with Gasteiger partial charge in [0.25, 0.3) is 0 Å². The molecule has 112 valence electrons. The molecule has 0 unspecified atom stereocenters. The number of anilines is 2. The van der Waals surface area contributed by atoms with Crippen LogP contribution in [0, 0.1) is 5.92 Å². The molecular formula is C15H23ClN2O2. The van der Waals surface area contributed by atoms with E-state index in [0.29, 0.717) is 35.3 Å². The largest absolute Gasteiger partial charge is 0.397 e. The van der Waals surface area contributed by atoms with Gasteiger partial charge in [-0.05, 0) is 37.5 Å². The van der Waals surface area contributed by atoms with Crippen LogP contribution in [-0.4, -0.2) is 18.6 Å². The van der Waals surface area contributed by atoms with Gasteiger partial charge in [0.05, 0.1) is 30.5 Å². The quantitative estimate of drug-likeness (QED) is 0.754. The molecule has 1 atom stereocenters. The number of nitrogens with two attached hydrogens (primary N) is 1. The normalized spacial score (nSPS) is 12.4. The Kier molecular flexibility index (Phi) is 6.82. The molecule has 4 nitrogen and oxygen atoms in total. The summed E-state index contributed by atoms with van der Waals surface area (Å²) < 4.78 is 5.60. The molecule has 0 bridgehead atoms. The van der Waals surface area contributed by atoms with Crippen LogP contribution in [0.2, 0.25) is 5.02 Å². The maximum absolute atomic E-state index is 11.8. The zero-order valence-electron chi connectivity index (χ0n) is 12.3. The Hall–Kier alpha value is -1.26. The minimum absolute atomic E-state index is 0.115. The molecule has 0 radical (unpaired) electrons. The molecule has 1 aromatic rings. The van der Waals surface area contributed by atoms with Crippen molar-refractivity contribution in [3.05, 3.63) is 23.2 Å². The summed E-state index contributed by atoms with van der Waals surface area (Å²) in [5.74, 6) is 0.475. The van der Waals surface area contributed by atoms with Gasteiger partial charge in [0.1, 0.15) is 0 Å². The summed E-state index contributed by atoms with van der Waals surface area (Å²) in [5.41, 5.74) is 6.81. The number of carbonyl (C=O) groups excluding carboxylic acids is 1. The van der Waals surface area contributed by atoms with Crippen LogP contribution in [0.5, 0.6) is 0 Å². The summed E-state index contributed by atoms with van der Waals surface area (Å²) in [6, 6.07) is 4.99. The first kappa shape index (κ1) is 16.8. The van der Waals surface area contributed by atoms with Gasteiger partial charge in [0.2, 0.25) is 5.91 Å². The zero-order chi connectivity index (χ0) is 15.1. The van der Waals surface area contributed by atoms with Crippen molar-refractivity contribution >= 4 is 28.9 Å². The number of rotatable bonds is 7. The van der Waals surface area contributed by atoms with E-state index in [1.54, 1.807) is 18.2 Å². The Morgan fingerprint density at radius 1 is 1.40 bits per heavy atom. The van der Waals surface area contributed by atoms with Gasteiger partial charge >= 0.3 is 0 Å². The van der Waals surface area contributed by atoms with Crippen molar-refractivity contribution in [3.63, 3.8) is 0 Å². The van der Waals surface area contributed by atoms with Crippen LogP contribution >= 0.6 is 11.6 Å². The van der Waals surface area contributed by atoms with E-state index >= 15 is 0 Å². The molecular weight excluding hydrogens is 276 g/mol. The molecule has 3 N–H and O–H groups in total. The summed E-state index contributed by atoms with van der Waals surface area (Å²) in [4.78, 5) is 11.8. The number of hydrogen-bond donors (Lipinski definition) is 2. The molecule has 20 heavy (non-hydrogen) atoms. The van der Waals surface area contributed by atoms with E-state index in [4.69, 9.17) is 22.1 Å². The molecule has 0 fully saturated rings. The predicted octanol–water partition coefficient (Wildman–Crippen LogP) is 3.70. The summed E-state index contributed by atoms with van der Waals surface area (Å²) in [7, 11) is 0. The van der Waals surface area contributed by atoms with Gasteiger partial charge in [-0.2, -0.15) is 0 Å². The highest BCUT2D eigenvalue weighted by Crippen LogP contribution is 2.22. The molecule has 0 aliphatic carbocycles. The maximum Gasteiger partial charge on any atom is 0.226 e. The minimum Gasteiger partial charge on any atom is -0.397 e. The van der Waals surface area contributed by atoms with Crippen molar-refractivity contribution in [3.8, 4) is 0 Å². The lowest BCUT2D eigenvalue weighted by Gasteiger charge is -2.15. The molecule has 1 rings (SSSR count). The summed E-state index contributed by atoms with van der Waals surface area (Å²) in [5, 5.41) is 3.30. The number of nitrogen functional groups attached to an aromatic ring is 1. The minimum atomic E-state index is -0.115. The van der Waals surface area contributed by atoms with Gasteiger partial charge in [-0.15, -0.1) is 0 Å². The third kappa shape index (κ3) is 6.26. The van der Waals surface area contributed by atoms with Crippen LogP contribution in [0.25, 0.3) is 0 Å². The first-order valence-electron chi connectivity index (χ1n) is 6.85. The molecule has 0 saturated heterocycles. The van der Waals surface area contributed by atoms with Gasteiger partial charge in [0.15, 0.2) is 0 Å². The number of carbonyl (C=O) groups is 1. The van der Waals surface area contributed by atoms with Gasteiger partial charge in [-0.1, -0.05) is 25.4 Å². The first-order chi connectivity index (χ1) is 9.38. The van der Waals surface area contributed by atoms with E-state index in [1.807, 2.05) is 6.92 Å². The zero-order valence-corrected chi connectivity index (χ0v) is 13.0. The van der Waals surface area contributed by atoms with Crippen molar-refractivity contribution in [2.45, 2.75) is 39.7 Å². The average Bonchev–Trinajstić information content (AvgIpc) is 2.31. The average molecular weight is 299 g/mol. The van der Waals surface area contributed by atoms with Gasteiger partial charge < -0.3 is 15.8 Å². The Morgan fingerprint density at radius 2 is 2.10 bits per heavy atom. The summed E-state index contributed by atoms with van der Waals surface area (Å²) >= 11 is 5.80. The lowest BCUT2D eigenvalue weighted by Crippen LogP contribution is -2.18. The molecule has 0 saturated carbocycles. The fourth-order valence-corrected chi connectivity index (χ4v) is 2.13. The van der Waals surface area contributed by atoms with Gasteiger partial charge in [-0.3, -0.25) is 4.79 Å². The maximum atomic E-state index is 11.8. The standard InChI is InChI=1S/C15H23ClN2O2/c1-10(2)8-11(3)20-7-6-15(19)18-14-5-4-12(16)9-13(14)17/h4-5,9-11H,6-8,17H2,1-3H3,(H,18,19)/t11-/m1/s1. The van der Waals surface area contributed by atoms with Crippen LogP contribution in [-0.2, 0) is 9.53 Å². The Morgan fingerprint density at radius 3 is 2.70 bits per heavy atom. The third-order valence-electron chi connectivity index (χ3n) is 2.82. The SMILES string of the molecule is CC(C)C[C@@H](C)OCCC(=O)Nc1ccc(Cl)cc1N. The van der Waals surface area contributed by atoms with Crippen molar-refractivity contribution in [2.24, 2.45) is 5.92 Å². The second-order valence-electron chi connectivity index (χ2n) is 5.34. The molecule has 1 aromatic carbocycles. The fraction of sp³-hybridized carbons (Fsp3) is 0.533. The van der Waals surface area contributed by atoms with E-state index in [1.165, 1.54) is 0 Å². The second-order valence-corrected chi connectivity index (χ2v) is 5.78. The summed E-state index contributed by atoms with van der Waals surface area (Å²) in [6.45, 7) is 6.73. The van der Waals surface area contributed by atoms with Crippen LogP contribution in [0.15, 0.2) is 18.2 Å². The summed E-state index contributed by atoms with van der Waals surface area (Å²) in [6.07, 6.45) is 1.47. The number of ether oxygens (including phenoxy) is 1. The molecule has 0 aliphatic heterocycles. The van der Waals surface area contributed by atoms with E-state index < -0.39 is 0 Å². The first-order valence-corrected chi connectivity index (χ1v) is 7.22. The molecule has 5 heteroatoms. The van der Waals surface area contributed by atoms with Crippen molar-refractivity contribution < 1.29 is 9.53 Å². The van der Waals surface area contributed by atoms with Crippen LogP contribution in [0.1, 0.15) is 33.6 Å². The number of hydrogen-bond acceptors (Lipinski definition) is 3. The highest BCUT2D eigenvalue weighted by molar-refractivity contribution is 6.31. The lowest BCUT2D eigenvalue weighted by molar-refractivity contribution is -0.117. The highest BCUT2D eigenvalue weighted by atomic mass is 35.5. The number of benzene rings is 1. The molecule has 0 aliphatic rings. The Labute approximate surface area is 125 Å². The van der Waals surface area contributed by atoms with Gasteiger partial charge in [-0.25, -0.2) is 0 Å². The number of nitrogens with one attached hydrogen (secondary N) is 1. The van der Waals surface area contributed by atoms with Gasteiger partial charge in [0, 0.05) is 5.02 Å². The topological polar surface area (TPSA) is 64.3 Å². The van der Waals surface area contributed by atoms with E-state index in [2.05, 4.69) is 19.2 Å². The van der Waals surface area contributed by atoms with E-state index in [9.17, 15) is 4.79 Å². The third-order valence-corrected chi connectivity index (χ3v) is 3.06. The van der Waals surface area contributed by atoms with E-state index in [-0.39, 0.29) is 12.0 Å². The van der Waals surface area contributed by atoms with Crippen molar-refractivity contribution in [1.82, 2.24) is 0 Å². The molecule has 0 aromatic heterocycles. The van der Waals surface area contributed by atoms with Crippen molar-refractivity contribution in [2.75, 3.05) is 17.7 Å². The highest BCUT2D eigenvalue weighted by Gasteiger charge is 2.08. The molecule has 0 spiro atoms. The lowest BCUT2D eigenvalue weighted by atomic mass is 10.1. The molecule has 1 amide bonds. The number of amides is 1. The fourth-order valence-electron chi connectivity index (χ4n) is 1.94. The van der Waals surface area contributed by atoms with Crippen molar-refractivity contribution in [1.29, 1.82) is 0 Å².